The summed E-state index contributed by atoms with van der Waals surface area (Å²) in [6.07, 6.45) is 1.09. The smallest absolute Gasteiger partial charge is 0.118 e. The minimum atomic E-state index is 0.205. The van der Waals surface area contributed by atoms with Crippen LogP contribution in [0.25, 0.3) is 0 Å². The number of nitrogens with one attached hydrogen (secondary N) is 1. The fraction of sp³-hybridized carbons (Fsp3) is 0.500. The molecule has 1 aliphatic heterocycles. The van der Waals surface area contributed by atoms with Crippen molar-refractivity contribution in [2.24, 2.45) is 0 Å². The van der Waals surface area contributed by atoms with E-state index >= 15 is 0 Å². The third-order valence-corrected chi connectivity index (χ3v) is 3.09. The molecule has 3 heteroatoms. The van der Waals surface area contributed by atoms with Crippen molar-refractivity contribution in [2.45, 2.75) is 18.4 Å². The molecule has 0 aromatic heterocycles. The van der Waals surface area contributed by atoms with E-state index in [0.29, 0.717) is 5.92 Å². The van der Waals surface area contributed by atoms with Gasteiger partial charge in [0.05, 0.1) is 13.7 Å². The van der Waals surface area contributed by atoms with Gasteiger partial charge in [0, 0.05) is 12.0 Å². The zero-order valence-electron chi connectivity index (χ0n) is 8.94. The lowest BCUT2D eigenvalue weighted by molar-refractivity contribution is 0.245. The van der Waals surface area contributed by atoms with Crippen LogP contribution in [0.1, 0.15) is 17.9 Å². The van der Waals surface area contributed by atoms with Gasteiger partial charge in [0.2, 0.25) is 0 Å². The second-order valence-electron chi connectivity index (χ2n) is 3.91. The summed E-state index contributed by atoms with van der Waals surface area (Å²) >= 11 is 0. The highest BCUT2D eigenvalue weighted by atomic mass is 16.5. The Hall–Kier alpha value is -1.06. The highest BCUT2D eigenvalue weighted by molar-refractivity contribution is 5.30. The fourth-order valence-corrected chi connectivity index (χ4v) is 2.21. The second-order valence-corrected chi connectivity index (χ2v) is 3.91. The van der Waals surface area contributed by atoms with E-state index in [1.54, 1.807) is 7.11 Å². The molecule has 0 unspecified atom stereocenters. The Morgan fingerprint density at radius 2 is 2.13 bits per heavy atom. The van der Waals surface area contributed by atoms with Crippen molar-refractivity contribution in [2.75, 3.05) is 20.3 Å². The molecule has 1 fully saturated rings. The molecule has 2 N–H and O–H groups in total. The van der Waals surface area contributed by atoms with Crippen molar-refractivity contribution in [1.82, 2.24) is 5.32 Å². The first-order valence-electron chi connectivity index (χ1n) is 5.33. The number of aliphatic hydroxyl groups is 1. The van der Waals surface area contributed by atoms with Gasteiger partial charge in [0.15, 0.2) is 0 Å². The lowest BCUT2D eigenvalue weighted by Crippen LogP contribution is -2.29. The molecule has 2 atom stereocenters. The van der Waals surface area contributed by atoms with Crippen LogP contribution < -0.4 is 10.1 Å². The molecule has 0 saturated carbocycles. The van der Waals surface area contributed by atoms with Crippen LogP contribution in [0.2, 0.25) is 0 Å². The van der Waals surface area contributed by atoms with Crippen LogP contribution in [0.5, 0.6) is 5.75 Å². The zero-order chi connectivity index (χ0) is 10.7. The average Bonchev–Trinajstić information content (AvgIpc) is 2.77. The van der Waals surface area contributed by atoms with Gasteiger partial charge in [-0.1, -0.05) is 12.1 Å². The first kappa shape index (κ1) is 10.5. The molecule has 0 bridgehead atoms. The number of ether oxygens (including phenoxy) is 1. The first-order chi connectivity index (χ1) is 7.35. The lowest BCUT2D eigenvalue weighted by Gasteiger charge is -2.17. The Kier molecular flexibility index (Phi) is 3.23. The van der Waals surface area contributed by atoms with E-state index in [1.807, 2.05) is 12.1 Å². The monoisotopic (exact) mass is 207 g/mol. The van der Waals surface area contributed by atoms with Crippen LogP contribution in [0.4, 0.5) is 0 Å². The van der Waals surface area contributed by atoms with E-state index in [1.165, 1.54) is 5.56 Å². The lowest BCUT2D eigenvalue weighted by atomic mass is 9.92. The number of rotatable bonds is 3. The van der Waals surface area contributed by atoms with E-state index in [4.69, 9.17) is 4.74 Å². The molecule has 1 aromatic rings. The molecule has 82 valence electrons. The van der Waals surface area contributed by atoms with Crippen LogP contribution in [-0.2, 0) is 0 Å². The summed E-state index contributed by atoms with van der Waals surface area (Å²) in [6.45, 7) is 1.19. The van der Waals surface area contributed by atoms with Crippen molar-refractivity contribution in [3.63, 3.8) is 0 Å². The van der Waals surface area contributed by atoms with E-state index in [-0.39, 0.29) is 12.6 Å². The summed E-state index contributed by atoms with van der Waals surface area (Å²) in [5.74, 6) is 1.31. The summed E-state index contributed by atoms with van der Waals surface area (Å²) in [7, 11) is 1.67. The molecule has 2 rings (SSSR count). The third-order valence-electron chi connectivity index (χ3n) is 3.09. The van der Waals surface area contributed by atoms with E-state index in [0.717, 1.165) is 18.7 Å². The molecule has 0 radical (unpaired) electrons. The summed E-state index contributed by atoms with van der Waals surface area (Å²) in [6, 6.07) is 8.32. The minimum absolute atomic E-state index is 0.205. The van der Waals surface area contributed by atoms with Gasteiger partial charge in [-0.3, -0.25) is 0 Å². The predicted molar refractivity (Wildman–Crippen MR) is 59.2 cm³/mol. The number of benzene rings is 1. The van der Waals surface area contributed by atoms with Crippen LogP contribution in [-0.4, -0.2) is 31.4 Å². The number of methoxy groups -OCH3 is 1. The SMILES string of the molecule is COc1ccc([C@H]2CCN[C@@H]2CO)cc1. The van der Waals surface area contributed by atoms with Gasteiger partial charge in [-0.25, -0.2) is 0 Å². The first-order valence-corrected chi connectivity index (χ1v) is 5.33. The highest BCUT2D eigenvalue weighted by Gasteiger charge is 2.27. The number of aliphatic hydroxyl groups excluding tert-OH is 1. The van der Waals surface area contributed by atoms with Gasteiger partial charge in [-0.2, -0.15) is 0 Å². The van der Waals surface area contributed by atoms with Gasteiger partial charge in [0.25, 0.3) is 0 Å². The molecule has 3 nitrogen and oxygen atoms in total. The maximum absolute atomic E-state index is 9.21. The molecule has 1 aromatic carbocycles. The Morgan fingerprint density at radius 3 is 2.73 bits per heavy atom. The van der Waals surface area contributed by atoms with Crippen molar-refractivity contribution in [1.29, 1.82) is 0 Å². The second kappa shape index (κ2) is 4.64. The summed E-state index contributed by atoms with van der Waals surface area (Å²) in [5, 5.41) is 12.5. The van der Waals surface area contributed by atoms with Gasteiger partial charge in [0.1, 0.15) is 5.75 Å². The topological polar surface area (TPSA) is 41.5 Å². The van der Waals surface area contributed by atoms with Gasteiger partial charge >= 0.3 is 0 Å². The zero-order valence-corrected chi connectivity index (χ0v) is 8.94. The van der Waals surface area contributed by atoms with E-state index < -0.39 is 0 Å². The Balaban J connectivity index is 2.14. The van der Waals surface area contributed by atoms with Crippen molar-refractivity contribution >= 4 is 0 Å². The molecular formula is C12H17NO2. The molecule has 0 aliphatic carbocycles. The predicted octanol–water partition coefficient (Wildman–Crippen LogP) is 1.13. The molecule has 0 amide bonds. The van der Waals surface area contributed by atoms with Crippen LogP contribution >= 0.6 is 0 Å². The maximum atomic E-state index is 9.21. The average molecular weight is 207 g/mol. The molecule has 1 saturated heterocycles. The Labute approximate surface area is 90.1 Å². The van der Waals surface area contributed by atoms with Crippen LogP contribution in [0, 0.1) is 0 Å². The quantitative estimate of drug-likeness (QED) is 0.780. The number of hydrogen-bond acceptors (Lipinski definition) is 3. The maximum Gasteiger partial charge on any atom is 0.118 e. The van der Waals surface area contributed by atoms with Crippen molar-refractivity contribution < 1.29 is 9.84 Å². The molecule has 0 spiro atoms. The summed E-state index contributed by atoms with van der Waals surface area (Å²) in [4.78, 5) is 0. The molecular weight excluding hydrogens is 190 g/mol. The minimum Gasteiger partial charge on any atom is -0.497 e. The highest BCUT2D eigenvalue weighted by Crippen LogP contribution is 2.28. The van der Waals surface area contributed by atoms with Crippen molar-refractivity contribution in [3.05, 3.63) is 29.8 Å². The van der Waals surface area contributed by atoms with Crippen molar-refractivity contribution in [3.8, 4) is 5.75 Å². The Bertz CT molecular complexity index is 310. The van der Waals surface area contributed by atoms with Gasteiger partial charge in [-0.05, 0) is 30.7 Å². The number of hydrogen-bond donors (Lipinski definition) is 2. The Morgan fingerprint density at radius 1 is 1.40 bits per heavy atom. The summed E-state index contributed by atoms with van der Waals surface area (Å²) < 4.78 is 5.12. The van der Waals surface area contributed by atoms with Crippen LogP contribution in [0.3, 0.4) is 0 Å². The van der Waals surface area contributed by atoms with Gasteiger partial charge < -0.3 is 15.2 Å². The molecule has 1 heterocycles. The van der Waals surface area contributed by atoms with E-state index in [2.05, 4.69) is 17.4 Å². The third kappa shape index (κ3) is 2.13. The standard InChI is InChI=1S/C12H17NO2/c1-15-10-4-2-9(3-5-10)11-6-7-13-12(11)8-14/h2-5,11-14H,6-8H2,1H3/t11-,12-/m1/s1. The van der Waals surface area contributed by atoms with Gasteiger partial charge in [-0.15, -0.1) is 0 Å². The largest absolute Gasteiger partial charge is 0.497 e. The summed E-state index contributed by atoms with van der Waals surface area (Å²) in [5.41, 5.74) is 1.28. The normalized spacial score (nSPS) is 25.5. The van der Waals surface area contributed by atoms with Crippen LogP contribution in [0.15, 0.2) is 24.3 Å². The molecule has 15 heavy (non-hydrogen) atoms. The fourth-order valence-electron chi connectivity index (χ4n) is 2.21. The van der Waals surface area contributed by atoms with E-state index in [9.17, 15) is 5.11 Å². The molecule has 1 aliphatic rings.